The molecule has 0 bridgehead atoms. The first-order chi connectivity index (χ1) is 8.81. The molecule has 3 N–H and O–H groups in total. The van der Waals surface area contributed by atoms with Crippen molar-refractivity contribution in [3.05, 3.63) is 11.9 Å². The van der Waals surface area contributed by atoms with Crippen LogP contribution >= 0.6 is 0 Å². The summed E-state index contributed by atoms with van der Waals surface area (Å²) < 4.78 is 0. The van der Waals surface area contributed by atoms with Crippen LogP contribution in [0.4, 0.5) is 11.6 Å². The monoisotopic (exact) mass is 249 g/mol. The fourth-order valence-corrected chi connectivity index (χ4v) is 2.80. The Balaban J connectivity index is 2.36. The van der Waals surface area contributed by atoms with Crippen molar-refractivity contribution < 1.29 is 0 Å². The Morgan fingerprint density at radius 3 is 2.89 bits per heavy atom. The molecule has 2 heterocycles. The normalized spacial score (nSPS) is 19.9. The highest BCUT2D eigenvalue weighted by molar-refractivity contribution is 5.59. The van der Waals surface area contributed by atoms with E-state index in [1.54, 1.807) is 6.33 Å². The Hall–Kier alpha value is -1.36. The quantitative estimate of drug-likeness (QED) is 0.632. The number of hydrogen-bond acceptors (Lipinski definition) is 5. The van der Waals surface area contributed by atoms with E-state index < -0.39 is 0 Å². The lowest BCUT2D eigenvalue weighted by Gasteiger charge is -2.37. The van der Waals surface area contributed by atoms with Crippen LogP contribution in [0.3, 0.4) is 0 Å². The first-order valence-electron chi connectivity index (χ1n) is 6.88. The van der Waals surface area contributed by atoms with Crippen molar-refractivity contribution in [3.63, 3.8) is 0 Å². The number of nitrogen functional groups attached to an aromatic ring is 1. The molecule has 0 radical (unpaired) electrons. The molecule has 0 amide bonds. The largest absolute Gasteiger partial charge is 0.353 e. The van der Waals surface area contributed by atoms with Crippen molar-refractivity contribution in [2.24, 2.45) is 5.84 Å². The molecule has 1 unspecified atom stereocenters. The third-order valence-electron chi connectivity index (χ3n) is 3.78. The molecule has 1 aromatic rings. The van der Waals surface area contributed by atoms with Crippen LogP contribution in [0.25, 0.3) is 0 Å². The first kappa shape index (κ1) is 13.1. The standard InChI is InChI=1S/C13H23N5/c1-3-10-7-5-6-8-18(10)13-11(4-2)12(17-14)15-9-16-13/h9-10H,3-8,14H2,1-2H3,(H,15,16,17). The lowest BCUT2D eigenvalue weighted by Crippen LogP contribution is -2.40. The molecule has 1 aliphatic rings. The molecular formula is C13H23N5. The fraction of sp³-hybridized carbons (Fsp3) is 0.692. The highest BCUT2D eigenvalue weighted by Crippen LogP contribution is 2.30. The molecule has 0 aliphatic carbocycles. The van der Waals surface area contributed by atoms with Crippen LogP contribution in [0, 0.1) is 0 Å². The molecule has 5 heteroatoms. The van der Waals surface area contributed by atoms with Gasteiger partial charge in [-0.15, -0.1) is 0 Å². The van der Waals surface area contributed by atoms with Crippen molar-refractivity contribution in [3.8, 4) is 0 Å². The van der Waals surface area contributed by atoms with Gasteiger partial charge in [0, 0.05) is 18.2 Å². The Bertz CT molecular complexity index is 393. The van der Waals surface area contributed by atoms with Gasteiger partial charge in [0.25, 0.3) is 0 Å². The summed E-state index contributed by atoms with van der Waals surface area (Å²) in [6.45, 7) is 5.46. The van der Waals surface area contributed by atoms with E-state index in [2.05, 4.69) is 34.1 Å². The maximum Gasteiger partial charge on any atom is 0.148 e. The lowest BCUT2D eigenvalue weighted by molar-refractivity contribution is 0.445. The summed E-state index contributed by atoms with van der Waals surface area (Å²) in [5, 5.41) is 0. The van der Waals surface area contributed by atoms with Crippen LogP contribution in [0.15, 0.2) is 6.33 Å². The highest BCUT2D eigenvalue weighted by atomic mass is 15.3. The van der Waals surface area contributed by atoms with E-state index in [0.29, 0.717) is 6.04 Å². The van der Waals surface area contributed by atoms with Crippen LogP contribution in [0.1, 0.15) is 45.1 Å². The van der Waals surface area contributed by atoms with Gasteiger partial charge in [0.1, 0.15) is 18.0 Å². The summed E-state index contributed by atoms with van der Waals surface area (Å²) >= 11 is 0. The number of nitrogens with one attached hydrogen (secondary N) is 1. The number of nitrogens with two attached hydrogens (primary N) is 1. The Morgan fingerprint density at radius 1 is 1.39 bits per heavy atom. The predicted molar refractivity (Wildman–Crippen MR) is 74.5 cm³/mol. The molecular weight excluding hydrogens is 226 g/mol. The zero-order chi connectivity index (χ0) is 13.0. The van der Waals surface area contributed by atoms with Crippen molar-refractivity contribution in [2.75, 3.05) is 16.9 Å². The molecule has 1 saturated heterocycles. The minimum absolute atomic E-state index is 0.601. The molecule has 1 aliphatic heterocycles. The number of hydrogen-bond donors (Lipinski definition) is 2. The second-order valence-corrected chi connectivity index (χ2v) is 4.77. The van der Waals surface area contributed by atoms with Gasteiger partial charge in [0.15, 0.2) is 0 Å². The van der Waals surface area contributed by atoms with Gasteiger partial charge in [0.2, 0.25) is 0 Å². The highest BCUT2D eigenvalue weighted by Gasteiger charge is 2.24. The lowest BCUT2D eigenvalue weighted by atomic mass is 9.99. The van der Waals surface area contributed by atoms with E-state index in [-0.39, 0.29) is 0 Å². The van der Waals surface area contributed by atoms with E-state index >= 15 is 0 Å². The minimum atomic E-state index is 0.601. The fourth-order valence-electron chi connectivity index (χ4n) is 2.80. The molecule has 0 aromatic carbocycles. The summed E-state index contributed by atoms with van der Waals surface area (Å²) in [7, 11) is 0. The molecule has 2 rings (SSSR count). The van der Waals surface area contributed by atoms with Crippen LogP contribution in [0.5, 0.6) is 0 Å². The molecule has 1 aromatic heterocycles. The van der Waals surface area contributed by atoms with E-state index in [9.17, 15) is 0 Å². The molecule has 100 valence electrons. The molecule has 5 nitrogen and oxygen atoms in total. The van der Waals surface area contributed by atoms with Gasteiger partial charge in [-0.3, -0.25) is 0 Å². The summed E-state index contributed by atoms with van der Waals surface area (Å²) in [4.78, 5) is 11.1. The average molecular weight is 249 g/mol. The number of nitrogens with zero attached hydrogens (tertiary/aromatic N) is 3. The van der Waals surface area contributed by atoms with Gasteiger partial charge in [-0.1, -0.05) is 13.8 Å². The SMILES string of the molecule is CCc1c(NN)ncnc1N1CCCCC1CC. The van der Waals surface area contributed by atoms with Gasteiger partial charge in [-0.25, -0.2) is 15.8 Å². The molecule has 0 saturated carbocycles. The van der Waals surface area contributed by atoms with E-state index in [4.69, 9.17) is 5.84 Å². The van der Waals surface area contributed by atoms with Crippen molar-refractivity contribution in [1.29, 1.82) is 0 Å². The predicted octanol–water partition coefficient (Wildman–Crippen LogP) is 2.09. The van der Waals surface area contributed by atoms with Crippen molar-refractivity contribution >= 4 is 11.6 Å². The van der Waals surface area contributed by atoms with Gasteiger partial charge >= 0.3 is 0 Å². The molecule has 18 heavy (non-hydrogen) atoms. The second-order valence-electron chi connectivity index (χ2n) is 4.77. The molecule has 1 atom stereocenters. The van der Waals surface area contributed by atoms with Crippen LogP contribution in [-0.4, -0.2) is 22.6 Å². The smallest absolute Gasteiger partial charge is 0.148 e. The van der Waals surface area contributed by atoms with Crippen LogP contribution in [0.2, 0.25) is 0 Å². The summed E-state index contributed by atoms with van der Waals surface area (Å²) in [5.41, 5.74) is 3.81. The molecule has 0 spiro atoms. The van der Waals surface area contributed by atoms with Crippen LogP contribution in [-0.2, 0) is 6.42 Å². The number of hydrazine groups is 1. The summed E-state index contributed by atoms with van der Waals surface area (Å²) in [5.74, 6) is 7.35. The Labute approximate surface area is 109 Å². The Morgan fingerprint density at radius 2 is 2.22 bits per heavy atom. The van der Waals surface area contributed by atoms with Gasteiger partial charge < -0.3 is 10.3 Å². The van der Waals surface area contributed by atoms with E-state index in [0.717, 1.165) is 30.2 Å². The summed E-state index contributed by atoms with van der Waals surface area (Å²) in [6.07, 6.45) is 7.49. The minimum Gasteiger partial charge on any atom is -0.353 e. The van der Waals surface area contributed by atoms with E-state index in [1.807, 2.05) is 0 Å². The van der Waals surface area contributed by atoms with Crippen molar-refractivity contribution in [2.45, 2.75) is 52.0 Å². The third-order valence-corrected chi connectivity index (χ3v) is 3.78. The van der Waals surface area contributed by atoms with Gasteiger partial charge in [-0.2, -0.15) is 0 Å². The van der Waals surface area contributed by atoms with Crippen molar-refractivity contribution in [1.82, 2.24) is 9.97 Å². The number of aromatic nitrogens is 2. The number of rotatable bonds is 4. The topological polar surface area (TPSA) is 67.1 Å². The average Bonchev–Trinajstić information content (AvgIpc) is 2.46. The zero-order valence-electron chi connectivity index (χ0n) is 11.3. The number of anilines is 2. The maximum atomic E-state index is 5.53. The number of piperidine rings is 1. The van der Waals surface area contributed by atoms with Crippen LogP contribution < -0.4 is 16.2 Å². The second kappa shape index (κ2) is 6.00. The Kier molecular flexibility index (Phi) is 4.36. The molecule has 1 fully saturated rings. The zero-order valence-corrected chi connectivity index (χ0v) is 11.3. The summed E-state index contributed by atoms with van der Waals surface area (Å²) in [6, 6.07) is 0.601. The third kappa shape index (κ3) is 2.41. The van der Waals surface area contributed by atoms with Gasteiger partial charge in [-0.05, 0) is 32.1 Å². The maximum absolute atomic E-state index is 5.53. The van der Waals surface area contributed by atoms with E-state index in [1.165, 1.54) is 25.7 Å². The van der Waals surface area contributed by atoms with Gasteiger partial charge in [0.05, 0.1) is 0 Å². The first-order valence-corrected chi connectivity index (χ1v) is 6.88.